The summed E-state index contributed by atoms with van der Waals surface area (Å²) >= 11 is 1.83. The van der Waals surface area contributed by atoms with Crippen LogP contribution in [0.3, 0.4) is 0 Å². The van der Waals surface area contributed by atoms with Crippen LogP contribution in [-0.2, 0) is 26.5 Å². The number of aromatic nitrogens is 2. The van der Waals surface area contributed by atoms with Crippen LogP contribution in [0.2, 0.25) is 19.6 Å². The van der Waals surface area contributed by atoms with Gasteiger partial charge in [-0.2, -0.15) is 11.3 Å². The average Bonchev–Trinajstić information content (AvgIpc) is 3.56. The summed E-state index contributed by atoms with van der Waals surface area (Å²) in [6.07, 6.45) is 5.03. The number of hydrogen-bond donors (Lipinski definition) is 0. The minimum absolute atomic E-state index is 0. The molecule has 0 fully saturated rings. The molecule has 8 aromatic rings. The van der Waals surface area contributed by atoms with E-state index in [0.29, 0.717) is 11.8 Å². The predicted octanol–water partition coefficient (Wildman–Crippen LogP) is 13.8. The van der Waals surface area contributed by atoms with E-state index in [1.54, 1.807) is 0 Å². The summed E-state index contributed by atoms with van der Waals surface area (Å²) in [6.45, 7) is 18.3. The van der Waals surface area contributed by atoms with Crippen LogP contribution in [0, 0.1) is 19.1 Å². The molecule has 0 aliphatic heterocycles. The minimum atomic E-state index is -1.34. The fraction of sp³-hybridized carbons (Fsp3) is 0.216. The molecule has 2 nitrogen and oxygen atoms in total. The van der Waals surface area contributed by atoms with E-state index in [9.17, 15) is 0 Å². The molecule has 0 saturated carbocycles. The van der Waals surface area contributed by atoms with Crippen molar-refractivity contribution in [3.63, 3.8) is 0 Å². The zero-order chi connectivity index (χ0) is 38.7. The van der Waals surface area contributed by atoms with Crippen LogP contribution >= 0.6 is 11.3 Å². The van der Waals surface area contributed by atoms with Crippen LogP contribution in [-0.4, -0.2) is 18.0 Å². The van der Waals surface area contributed by atoms with Gasteiger partial charge in [-0.25, -0.2) is 0 Å². The van der Waals surface area contributed by atoms with Crippen molar-refractivity contribution in [3.8, 4) is 33.6 Å². The van der Waals surface area contributed by atoms with Crippen LogP contribution in [0.5, 0.6) is 0 Å². The molecule has 5 aromatic carbocycles. The summed E-state index contributed by atoms with van der Waals surface area (Å²) < 4.78 is 2.57. The molecular formula is C51H50IrN2SSi-2. The van der Waals surface area contributed by atoms with Gasteiger partial charge in [-0.1, -0.05) is 131 Å². The maximum Gasteiger partial charge on any atom is 0.0799 e. The number of benzene rings is 5. The first-order valence-corrected chi connectivity index (χ1v) is 23.7. The third kappa shape index (κ3) is 9.36. The third-order valence-corrected chi connectivity index (χ3v) is 13.5. The van der Waals surface area contributed by atoms with Crippen LogP contribution < -0.4 is 5.19 Å². The Bertz CT molecular complexity index is 2570. The van der Waals surface area contributed by atoms with Gasteiger partial charge in [0.05, 0.1) is 8.07 Å². The molecule has 0 spiro atoms. The second-order valence-electron chi connectivity index (χ2n) is 16.2. The van der Waals surface area contributed by atoms with Gasteiger partial charge in [-0.05, 0) is 97.4 Å². The molecule has 3 heterocycles. The molecule has 5 heteroatoms. The summed E-state index contributed by atoms with van der Waals surface area (Å²) in [6, 6.07) is 50.1. The largest absolute Gasteiger partial charge is 0.305 e. The molecule has 8 rings (SSSR count). The zero-order valence-electron chi connectivity index (χ0n) is 33.7. The van der Waals surface area contributed by atoms with Crippen LogP contribution in [0.1, 0.15) is 67.3 Å². The summed E-state index contributed by atoms with van der Waals surface area (Å²) in [4.78, 5) is 9.41. The Morgan fingerprint density at radius 3 is 1.98 bits per heavy atom. The van der Waals surface area contributed by atoms with Crippen molar-refractivity contribution in [3.05, 3.63) is 174 Å². The molecule has 0 N–H and O–H groups in total. The van der Waals surface area contributed by atoms with Crippen molar-refractivity contribution < 1.29 is 20.1 Å². The molecule has 56 heavy (non-hydrogen) atoms. The van der Waals surface area contributed by atoms with Crippen LogP contribution in [0.4, 0.5) is 0 Å². The second-order valence-corrected chi connectivity index (χ2v) is 22.3. The van der Waals surface area contributed by atoms with Crippen molar-refractivity contribution in [2.75, 3.05) is 0 Å². The smallest absolute Gasteiger partial charge is 0.0799 e. The number of fused-ring (bicyclic) bond motifs is 3. The number of thiophene rings is 1. The van der Waals surface area contributed by atoms with Gasteiger partial charge >= 0.3 is 0 Å². The monoisotopic (exact) mass is 943 g/mol. The predicted molar refractivity (Wildman–Crippen MR) is 240 cm³/mol. The van der Waals surface area contributed by atoms with Crippen molar-refractivity contribution in [2.45, 2.75) is 72.5 Å². The van der Waals surface area contributed by atoms with E-state index in [0.717, 1.165) is 28.9 Å². The number of nitrogens with zero attached hydrogens (tertiary/aromatic N) is 2. The van der Waals surface area contributed by atoms with Gasteiger partial charge < -0.3 is 9.97 Å². The Morgan fingerprint density at radius 1 is 0.607 bits per heavy atom. The van der Waals surface area contributed by atoms with E-state index in [-0.39, 0.29) is 20.1 Å². The topological polar surface area (TPSA) is 25.8 Å². The Balaban J connectivity index is 0.000000226. The SMILES string of the molecule is CC(C)c1cc(-c2[c-]cccc2)ncc1[Si](C)(C)C.Cc1cnc(-c2[c-]cc3sc4ccc(-c5cccc(Cc6ccccc6)c5)cc4c3c2)cc1C(C)C.[Ir]. The van der Waals surface area contributed by atoms with Gasteiger partial charge in [0.2, 0.25) is 0 Å². The number of pyridine rings is 2. The fourth-order valence-electron chi connectivity index (χ4n) is 7.32. The van der Waals surface area contributed by atoms with Crippen LogP contribution in [0.15, 0.2) is 134 Å². The molecule has 285 valence electrons. The molecular weight excluding hydrogens is 893 g/mol. The molecule has 0 saturated heterocycles. The third-order valence-electron chi connectivity index (χ3n) is 10.3. The van der Waals surface area contributed by atoms with Crippen molar-refractivity contribution in [1.82, 2.24) is 9.97 Å². The first-order valence-electron chi connectivity index (χ1n) is 19.4. The van der Waals surface area contributed by atoms with Gasteiger partial charge in [-0.3, -0.25) is 0 Å². The maximum absolute atomic E-state index is 4.74. The van der Waals surface area contributed by atoms with Crippen molar-refractivity contribution in [1.29, 1.82) is 0 Å². The molecule has 0 unspecified atom stereocenters. The maximum atomic E-state index is 4.74. The quantitative estimate of drug-likeness (QED) is 0.112. The minimum Gasteiger partial charge on any atom is -0.305 e. The standard InChI is InChI=1S/C34H28NS.C17H22NSi.Ir/c1-22(2)29-20-32(35-21-23(29)3)28-13-15-34-31(19-28)30-18-27(12-14-33(30)36-34)26-11-7-10-25(17-26)16-24-8-5-4-6-9-24;1-13(2)15-11-16(14-9-7-6-8-10-14)18-12-17(15)19(3,4)5;/h4-12,14-15,17-22H,16H2,1-3H3;6-9,11-13H,1-5H3;/q2*-1;. The molecule has 1 radical (unpaired) electrons. The molecule has 0 atom stereocenters. The van der Waals surface area contributed by atoms with Gasteiger partial charge in [0.15, 0.2) is 0 Å². The molecule has 0 aliphatic carbocycles. The number of hydrogen-bond acceptors (Lipinski definition) is 3. The molecule has 0 bridgehead atoms. The van der Waals surface area contributed by atoms with Gasteiger partial charge in [0.25, 0.3) is 0 Å². The number of rotatable bonds is 8. The van der Waals surface area contributed by atoms with E-state index in [1.165, 1.54) is 64.3 Å². The van der Waals surface area contributed by atoms with E-state index < -0.39 is 8.07 Å². The van der Waals surface area contributed by atoms with E-state index >= 15 is 0 Å². The van der Waals surface area contributed by atoms with Gasteiger partial charge in [0, 0.05) is 37.2 Å². The summed E-state index contributed by atoms with van der Waals surface area (Å²) in [5.74, 6) is 1.00. The normalized spacial score (nSPS) is 11.5. The zero-order valence-corrected chi connectivity index (χ0v) is 37.9. The average molecular weight is 943 g/mol. The second kappa shape index (κ2) is 17.7. The van der Waals surface area contributed by atoms with Gasteiger partial charge in [0.1, 0.15) is 0 Å². The fourth-order valence-corrected chi connectivity index (χ4v) is 10.1. The van der Waals surface area contributed by atoms with E-state index in [2.05, 4.69) is 181 Å². The Kier molecular flexibility index (Phi) is 13.0. The first kappa shape index (κ1) is 41.1. The Morgan fingerprint density at radius 2 is 1.27 bits per heavy atom. The summed E-state index contributed by atoms with van der Waals surface area (Å²) in [7, 11) is -1.34. The molecule has 0 amide bonds. The Hall–Kier alpha value is -4.51. The first-order chi connectivity index (χ1) is 26.4. The summed E-state index contributed by atoms with van der Waals surface area (Å²) in [5.41, 5.74) is 13.4. The van der Waals surface area contributed by atoms with Crippen molar-refractivity contribution in [2.24, 2.45) is 0 Å². The Labute approximate surface area is 352 Å². The van der Waals surface area contributed by atoms with Crippen molar-refractivity contribution >= 4 is 44.8 Å². The molecule has 0 aliphatic rings. The van der Waals surface area contributed by atoms with E-state index in [4.69, 9.17) is 4.98 Å². The van der Waals surface area contributed by atoms with Gasteiger partial charge in [-0.15, -0.1) is 59.7 Å². The number of aryl methyl sites for hydroxylation is 1. The van der Waals surface area contributed by atoms with E-state index in [1.807, 2.05) is 35.7 Å². The summed E-state index contributed by atoms with van der Waals surface area (Å²) in [5, 5.41) is 4.05. The molecule has 3 aromatic heterocycles. The van der Waals surface area contributed by atoms with Crippen LogP contribution in [0.25, 0.3) is 53.8 Å².